The molecule has 0 amide bonds. The molecule has 2 saturated heterocycles. The molecule has 0 unspecified atom stereocenters. The van der Waals surface area contributed by atoms with Crippen LogP contribution in [0, 0.1) is 5.41 Å². The van der Waals surface area contributed by atoms with Crippen LogP contribution in [0.1, 0.15) is 0 Å². The van der Waals surface area contributed by atoms with Crippen molar-refractivity contribution in [3.8, 4) is 0 Å². The smallest absolute Gasteiger partial charge is 0.0392 e. The van der Waals surface area contributed by atoms with Gasteiger partial charge in [0.05, 0.1) is 0 Å². The highest BCUT2D eigenvalue weighted by molar-refractivity contribution is 8.18. The first-order chi connectivity index (χ1) is 5.41. The Morgan fingerprint density at radius 3 is 1.36 bits per heavy atom. The van der Waals surface area contributed by atoms with Crippen LogP contribution in [0.25, 0.3) is 0 Å². The fourth-order valence-electron chi connectivity index (χ4n) is 1.40. The van der Waals surface area contributed by atoms with Crippen LogP contribution in [-0.4, -0.2) is 33.2 Å². The summed E-state index contributed by atoms with van der Waals surface area (Å²) in [6, 6.07) is 0. The normalized spacial score (nSPS) is 30.5. The third-order valence-electron chi connectivity index (χ3n) is 1.97. The Kier molecular flexibility index (Phi) is 3.32. The van der Waals surface area contributed by atoms with Gasteiger partial charge in [0, 0.05) is 38.6 Å². The number of thioether (sulfide) groups is 4. The van der Waals surface area contributed by atoms with E-state index in [-0.39, 0.29) is 0 Å². The predicted molar refractivity (Wildman–Crippen MR) is 62.0 cm³/mol. The molecule has 4 heteroatoms. The largest absolute Gasteiger partial charge is 0.150 e. The quantitative estimate of drug-likeness (QED) is 0.620. The molecule has 11 heavy (non-hydrogen) atoms. The fraction of sp³-hybridized carbons (Fsp3) is 1.00. The van der Waals surface area contributed by atoms with E-state index in [0.717, 1.165) is 0 Å². The Hall–Kier alpha value is 1.40. The molecule has 64 valence electrons. The van der Waals surface area contributed by atoms with Crippen molar-refractivity contribution >= 4 is 47.0 Å². The molecular formula is C7H12S4. The molecular weight excluding hydrogens is 212 g/mol. The van der Waals surface area contributed by atoms with Gasteiger partial charge in [-0.1, -0.05) is 0 Å². The van der Waals surface area contributed by atoms with E-state index in [9.17, 15) is 0 Å². The second-order valence-corrected chi connectivity index (χ2v) is 7.80. The molecule has 0 bridgehead atoms. The van der Waals surface area contributed by atoms with Crippen LogP contribution in [0.15, 0.2) is 0 Å². The molecule has 1 spiro atoms. The van der Waals surface area contributed by atoms with Gasteiger partial charge in [-0.25, -0.2) is 0 Å². The van der Waals surface area contributed by atoms with Gasteiger partial charge in [0.2, 0.25) is 0 Å². The monoisotopic (exact) mass is 224 g/mol. The summed E-state index contributed by atoms with van der Waals surface area (Å²) in [5.74, 6) is 5.67. The molecule has 2 aliphatic rings. The molecule has 0 N–H and O–H groups in total. The maximum atomic E-state index is 2.14. The number of hydrogen-bond donors (Lipinski definition) is 0. The van der Waals surface area contributed by atoms with Crippen LogP contribution >= 0.6 is 47.0 Å². The minimum Gasteiger partial charge on any atom is -0.150 e. The lowest BCUT2D eigenvalue weighted by molar-refractivity contribution is 0.512. The van der Waals surface area contributed by atoms with Crippen molar-refractivity contribution in [2.75, 3.05) is 33.2 Å². The molecule has 0 saturated carbocycles. The van der Waals surface area contributed by atoms with E-state index >= 15 is 0 Å². The van der Waals surface area contributed by atoms with Crippen molar-refractivity contribution in [2.45, 2.75) is 0 Å². The van der Waals surface area contributed by atoms with Gasteiger partial charge in [-0.2, -0.15) is 47.0 Å². The fourth-order valence-corrected chi connectivity index (χ4v) is 7.41. The maximum Gasteiger partial charge on any atom is 0.0392 e. The summed E-state index contributed by atoms with van der Waals surface area (Å²) in [5, 5.41) is 2.66. The molecule has 0 atom stereocenters. The molecule has 0 aromatic rings. The molecule has 0 radical (unpaired) electrons. The lowest BCUT2D eigenvalue weighted by Gasteiger charge is -2.38. The zero-order chi connectivity index (χ0) is 7.57. The molecule has 0 aromatic heterocycles. The highest BCUT2D eigenvalue weighted by atomic mass is 32.2. The second kappa shape index (κ2) is 4.07. The van der Waals surface area contributed by atoms with E-state index in [1.54, 1.807) is 0 Å². The Morgan fingerprint density at radius 2 is 1.00 bits per heavy atom. The average molecular weight is 224 g/mol. The molecule has 0 aromatic carbocycles. The molecule has 0 aliphatic carbocycles. The van der Waals surface area contributed by atoms with Crippen LogP contribution < -0.4 is 0 Å². The summed E-state index contributed by atoms with van der Waals surface area (Å²) < 4.78 is 0. The second-order valence-electron chi connectivity index (χ2n) is 3.13. The molecule has 2 fully saturated rings. The van der Waals surface area contributed by atoms with Crippen molar-refractivity contribution in [3.63, 3.8) is 0 Å². The van der Waals surface area contributed by atoms with Gasteiger partial charge in [0.25, 0.3) is 0 Å². The minimum atomic E-state index is 0.709. The van der Waals surface area contributed by atoms with E-state index in [1.165, 1.54) is 33.2 Å². The Bertz CT molecular complexity index is 105. The van der Waals surface area contributed by atoms with Crippen molar-refractivity contribution in [2.24, 2.45) is 5.41 Å². The lowest BCUT2D eigenvalue weighted by Crippen LogP contribution is -2.37. The van der Waals surface area contributed by atoms with Crippen molar-refractivity contribution in [3.05, 3.63) is 0 Å². The Labute approximate surface area is 85.4 Å². The molecule has 2 heterocycles. The van der Waals surface area contributed by atoms with Crippen molar-refractivity contribution in [1.29, 1.82) is 0 Å². The van der Waals surface area contributed by atoms with Crippen LogP contribution in [0.2, 0.25) is 0 Å². The van der Waals surface area contributed by atoms with Crippen LogP contribution in [0.4, 0.5) is 0 Å². The van der Waals surface area contributed by atoms with E-state index in [1.807, 2.05) is 0 Å². The van der Waals surface area contributed by atoms with E-state index in [2.05, 4.69) is 47.0 Å². The van der Waals surface area contributed by atoms with E-state index in [4.69, 9.17) is 0 Å². The summed E-state index contributed by atoms with van der Waals surface area (Å²) in [6.07, 6.45) is 0. The summed E-state index contributed by atoms with van der Waals surface area (Å²) in [5.41, 5.74) is 0.709. The van der Waals surface area contributed by atoms with Crippen LogP contribution in [0.5, 0.6) is 0 Å². The first-order valence-corrected chi connectivity index (χ1v) is 8.34. The lowest BCUT2D eigenvalue weighted by atomic mass is 9.99. The summed E-state index contributed by atoms with van der Waals surface area (Å²) in [4.78, 5) is 0. The van der Waals surface area contributed by atoms with Gasteiger partial charge in [0.1, 0.15) is 0 Å². The highest BCUT2D eigenvalue weighted by Crippen LogP contribution is 2.43. The van der Waals surface area contributed by atoms with Crippen molar-refractivity contribution in [1.82, 2.24) is 0 Å². The minimum absolute atomic E-state index is 0.709. The summed E-state index contributed by atoms with van der Waals surface area (Å²) >= 11 is 8.55. The van der Waals surface area contributed by atoms with Gasteiger partial charge in [0.15, 0.2) is 0 Å². The predicted octanol–water partition coefficient (Wildman–Crippen LogP) is 2.85. The van der Waals surface area contributed by atoms with Gasteiger partial charge in [-0.3, -0.25) is 0 Å². The van der Waals surface area contributed by atoms with Gasteiger partial charge < -0.3 is 0 Å². The Morgan fingerprint density at radius 1 is 0.636 bits per heavy atom. The zero-order valence-corrected chi connectivity index (χ0v) is 9.64. The number of hydrogen-bond acceptors (Lipinski definition) is 4. The van der Waals surface area contributed by atoms with E-state index in [0.29, 0.717) is 5.41 Å². The van der Waals surface area contributed by atoms with Crippen LogP contribution in [0.3, 0.4) is 0 Å². The first-order valence-electron chi connectivity index (χ1n) is 3.72. The summed E-state index contributed by atoms with van der Waals surface area (Å²) in [6.45, 7) is 0. The topological polar surface area (TPSA) is 0 Å². The number of rotatable bonds is 0. The third kappa shape index (κ3) is 2.20. The molecule has 2 aliphatic heterocycles. The summed E-state index contributed by atoms with van der Waals surface area (Å²) in [7, 11) is 0. The SMILES string of the molecule is C1SCC2(CS1)CSCSC2. The zero-order valence-electron chi connectivity index (χ0n) is 6.38. The Balaban J connectivity index is 1.94. The van der Waals surface area contributed by atoms with Crippen molar-refractivity contribution < 1.29 is 0 Å². The third-order valence-corrected chi connectivity index (χ3v) is 7.90. The highest BCUT2D eigenvalue weighted by Gasteiger charge is 2.34. The van der Waals surface area contributed by atoms with Gasteiger partial charge in [-0.05, 0) is 0 Å². The van der Waals surface area contributed by atoms with E-state index < -0.39 is 0 Å². The molecule has 0 nitrogen and oxygen atoms in total. The standard InChI is InChI=1S/C7H12S4/c1-7(2-9-5-8-1)3-10-6-11-4-7/h1-6H2. The first kappa shape index (κ1) is 8.97. The van der Waals surface area contributed by atoms with Crippen LogP contribution in [-0.2, 0) is 0 Å². The van der Waals surface area contributed by atoms with Gasteiger partial charge in [-0.15, -0.1) is 0 Å². The maximum absolute atomic E-state index is 2.14. The molecule has 2 rings (SSSR count). The average Bonchev–Trinajstić information content (AvgIpc) is 2.07. The van der Waals surface area contributed by atoms with Gasteiger partial charge >= 0.3 is 0 Å².